The maximum Gasteiger partial charge on any atom is 0.335 e. The van der Waals surface area contributed by atoms with Gasteiger partial charge in [0.25, 0.3) is 0 Å². The smallest absolute Gasteiger partial charge is 0.335 e. The molecule has 0 fully saturated rings. The molecule has 0 aliphatic heterocycles. The zero-order valence-corrected chi connectivity index (χ0v) is 14.4. The first kappa shape index (κ1) is 16.6. The number of rotatable bonds is 0. The quantitative estimate of drug-likeness (QED) is 0.651. The summed E-state index contributed by atoms with van der Waals surface area (Å²) in [5.74, 6) is 0. The molecule has 1 N–H and O–H groups in total. The fourth-order valence-electron chi connectivity index (χ4n) is 3.77. The van der Waals surface area contributed by atoms with Crippen molar-refractivity contribution in [2.75, 3.05) is 0 Å². The average molecular weight is 344 g/mol. The zero-order chi connectivity index (χ0) is 17.9. The molecule has 0 spiro atoms. The van der Waals surface area contributed by atoms with E-state index in [1.807, 2.05) is 0 Å². The van der Waals surface area contributed by atoms with Crippen LogP contribution in [0.4, 0.5) is 0 Å². The molecule has 2 aliphatic rings. The fraction of sp³-hybridized carbons (Fsp3) is 0.174. The van der Waals surface area contributed by atoms with E-state index in [1.54, 1.807) is 12.1 Å². The van der Waals surface area contributed by atoms with Crippen LogP contribution in [0.2, 0.25) is 0 Å². The molecule has 3 aromatic rings. The lowest BCUT2D eigenvalue weighted by atomic mass is 9.79. The Bertz CT molecular complexity index is 996. The van der Waals surface area contributed by atoms with Gasteiger partial charge in [0, 0.05) is 6.07 Å². The number of fused-ring (bicyclic) bond motifs is 5. The van der Waals surface area contributed by atoms with E-state index in [-0.39, 0.29) is 11.7 Å². The fourth-order valence-corrected chi connectivity index (χ4v) is 3.77. The molecular weight excluding hydrogens is 324 g/mol. The van der Waals surface area contributed by atoms with E-state index in [9.17, 15) is 9.90 Å². The zero-order valence-electron chi connectivity index (χ0n) is 14.4. The largest absolute Gasteiger partial charge is 0.431 e. The lowest BCUT2D eigenvalue weighted by Gasteiger charge is -2.27. The van der Waals surface area contributed by atoms with Gasteiger partial charge in [-0.1, -0.05) is 54.6 Å². The third kappa shape index (κ3) is 3.14. The topological polar surface area (TPSA) is 50.4 Å². The van der Waals surface area contributed by atoms with Gasteiger partial charge >= 0.3 is 5.63 Å². The summed E-state index contributed by atoms with van der Waals surface area (Å²) in [6, 6.07) is 17.6. The number of hydrogen-bond donors (Lipinski definition) is 1. The Hall–Kier alpha value is -2.91. The molecule has 0 radical (unpaired) electrons. The molecule has 1 atom stereocenters. The second-order valence-corrected chi connectivity index (χ2v) is 6.53. The van der Waals surface area contributed by atoms with Gasteiger partial charge in [0.15, 0.2) is 0 Å². The third-order valence-corrected chi connectivity index (χ3v) is 4.94. The molecule has 1 unspecified atom stereocenters. The molecule has 2 aromatic carbocycles. The summed E-state index contributed by atoms with van der Waals surface area (Å²) in [5, 5.41) is 10.3. The summed E-state index contributed by atoms with van der Waals surface area (Å²) in [5.41, 5.74) is 7.49. The van der Waals surface area contributed by atoms with Gasteiger partial charge in [0.2, 0.25) is 0 Å². The van der Waals surface area contributed by atoms with Crippen molar-refractivity contribution in [2.45, 2.75) is 25.4 Å². The molecule has 0 saturated carbocycles. The Morgan fingerprint density at radius 2 is 1.77 bits per heavy atom. The lowest BCUT2D eigenvalue weighted by molar-refractivity contribution is 0.179. The van der Waals surface area contributed by atoms with E-state index in [1.165, 1.54) is 40.1 Å². The van der Waals surface area contributed by atoms with Gasteiger partial charge in [-0.3, -0.25) is 0 Å². The van der Waals surface area contributed by atoms with Crippen LogP contribution in [0.15, 0.2) is 76.1 Å². The van der Waals surface area contributed by atoms with Crippen molar-refractivity contribution >= 4 is 6.08 Å². The van der Waals surface area contributed by atoms with E-state index < -0.39 is 0 Å². The Morgan fingerprint density at radius 1 is 0.923 bits per heavy atom. The van der Waals surface area contributed by atoms with Crippen LogP contribution in [0.3, 0.4) is 0 Å². The van der Waals surface area contributed by atoms with Crippen LogP contribution in [0.25, 0.3) is 17.2 Å². The molecule has 130 valence electrons. The maximum atomic E-state index is 10.3. The molecule has 3 heteroatoms. The Labute approximate surface area is 152 Å². The minimum atomic E-state index is -0.333. The average Bonchev–Trinajstić information content (AvgIpc) is 2.68. The monoisotopic (exact) mass is 344 g/mol. The molecule has 3 nitrogen and oxygen atoms in total. The van der Waals surface area contributed by atoms with E-state index in [0.717, 1.165) is 24.8 Å². The van der Waals surface area contributed by atoms with E-state index >= 15 is 0 Å². The summed E-state index contributed by atoms with van der Waals surface area (Å²) >= 11 is 0. The number of benzene rings is 2. The number of hydrogen-bond acceptors (Lipinski definition) is 3. The minimum Gasteiger partial charge on any atom is -0.431 e. The molecule has 5 rings (SSSR count). The van der Waals surface area contributed by atoms with Crippen LogP contribution in [0.1, 0.15) is 34.8 Å². The minimum absolute atomic E-state index is 0.303. The van der Waals surface area contributed by atoms with Crippen LogP contribution in [0, 0.1) is 0 Å². The lowest BCUT2D eigenvalue weighted by Crippen LogP contribution is -2.12. The molecular formula is C23H20O3. The van der Waals surface area contributed by atoms with E-state index in [0.29, 0.717) is 0 Å². The summed E-state index contributed by atoms with van der Waals surface area (Å²) in [6.07, 6.45) is 8.09. The molecule has 0 saturated heterocycles. The summed E-state index contributed by atoms with van der Waals surface area (Å²) < 4.78 is 4.37. The number of aryl methyl sites for hydroxylation is 1. The second kappa shape index (κ2) is 7.14. The molecule has 1 heterocycles. The Kier molecular flexibility index (Phi) is 4.55. The van der Waals surface area contributed by atoms with Gasteiger partial charge < -0.3 is 9.52 Å². The van der Waals surface area contributed by atoms with Crippen LogP contribution >= 0.6 is 0 Å². The van der Waals surface area contributed by atoms with Crippen molar-refractivity contribution in [1.29, 1.82) is 0 Å². The number of aliphatic hydroxyl groups excluding tert-OH is 1. The third-order valence-electron chi connectivity index (χ3n) is 4.94. The van der Waals surface area contributed by atoms with Crippen molar-refractivity contribution < 1.29 is 9.52 Å². The van der Waals surface area contributed by atoms with Gasteiger partial charge in [0.05, 0.1) is 12.4 Å². The normalized spacial score (nSPS) is 16.6. The van der Waals surface area contributed by atoms with Crippen molar-refractivity contribution in [2.24, 2.45) is 0 Å². The molecule has 0 amide bonds. The SMILES string of the molecule is O=c1cccco1.OC1CC=Cc2ccc3c(c21)CCc1ccccc1-3. The van der Waals surface area contributed by atoms with Gasteiger partial charge in [-0.2, -0.15) is 0 Å². The highest BCUT2D eigenvalue weighted by Gasteiger charge is 2.24. The highest BCUT2D eigenvalue weighted by atomic mass is 16.4. The van der Waals surface area contributed by atoms with Crippen molar-refractivity contribution in [1.82, 2.24) is 0 Å². The van der Waals surface area contributed by atoms with Gasteiger partial charge in [-0.25, -0.2) is 4.79 Å². The Balaban J connectivity index is 0.000000204. The predicted molar refractivity (Wildman–Crippen MR) is 103 cm³/mol. The summed E-state index contributed by atoms with van der Waals surface area (Å²) in [4.78, 5) is 10.1. The molecule has 1 aromatic heterocycles. The highest BCUT2D eigenvalue weighted by molar-refractivity contribution is 5.77. The standard InChI is InChI=1S/C18H16O.C5H4O2/c19-17-7-3-5-13-9-10-15-14-6-2-1-4-12(14)8-11-16(15)18(13)17;6-5-3-1-2-4-7-5/h1-6,9-10,17,19H,7-8,11H2;1-4H. The highest BCUT2D eigenvalue weighted by Crippen LogP contribution is 2.40. The summed E-state index contributed by atoms with van der Waals surface area (Å²) in [7, 11) is 0. The molecule has 2 aliphatic carbocycles. The summed E-state index contributed by atoms with van der Waals surface area (Å²) in [6.45, 7) is 0. The predicted octanol–water partition coefficient (Wildman–Crippen LogP) is 4.54. The first-order valence-corrected chi connectivity index (χ1v) is 8.86. The number of aliphatic hydroxyl groups is 1. The first-order chi connectivity index (χ1) is 12.7. The van der Waals surface area contributed by atoms with Crippen molar-refractivity contribution in [3.05, 3.63) is 99.6 Å². The van der Waals surface area contributed by atoms with Gasteiger partial charge in [-0.15, -0.1) is 0 Å². The van der Waals surface area contributed by atoms with Gasteiger partial charge in [0.1, 0.15) is 0 Å². The van der Waals surface area contributed by atoms with Crippen LogP contribution in [-0.4, -0.2) is 5.11 Å². The van der Waals surface area contributed by atoms with Crippen LogP contribution in [0.5, 0.6) is 0 Å². The van der Waals surface area contributed by atoms with Crippen molar-refractivity contribution in [3.8, 4) is 11.1 Å². The van der Waals surface area contributed by atoms with Crippen molar-refractivity contribution in [3.63, 3.8) is 0 Å². The first-order valence-electron chi connectivity index (χ1n) is 8.86. The maximum absolute atomic E-state index is 10.3. The molecule has 26 heavy (non-hydrogen) atoms. The van der Waals surface area contributed by atoms with Gasteiger partial charge in [-0.05, 0) is 58.7 Å². The van der Waals surface area contributed by atoms with E-state index in [2.05, 4.69) is 53.0 Å². The van der Waals surface area contributed by atoms with E-state index in [4.69, 9.17) is 0 Å². The Morgan fingerprint density at radius 3 is 2.54 bits per heavy atom. The second-order valence-electron chi connectivity index (χ2n) is 6.53. The van der Waals surface area contributed by atoms with Crippen LogP contribution < -0.4 is 5.63 Å². The molecule has 0 bridgehead atoms. The van der Waals surface area contributed by atoms with Crippen LogP contribution in [-0.2, 0) is 12.8 Å².